The van der Waals surface area contributed by atoms with Crippen LogP contribution in [0, 0.1) is 13.8 Å². The summed E-state index contributed by atoms with van der Waals surface area (Å²) in [5.74, 6) is 1.89. The van der Waals surface area contributed by atoms with Gasteiger partial charge < -0.3 is 9.05 Å². The highest BCUT2D eigenvalue weighted by atomic mass is 31.2. The summed E-state index contributed by atoms with van der Waals surface area (Å²) in [5, 5.41) is 0. The zero-order valence-corrected chi connectivity index (χ0v) is 24.5. The summed E-state index contributed by atoms with van der Waals surface area (Å²) in [6, 6.07) is 9.08. The lowest BCUT2D eigenvalue weighted by Crippen LogP contribution is -2.19. The van der Waals surface area contributed by atoms with Crippen molar-refractivity contribution in [3.63, 3.8) is 0 Å². The molecule has 0 bridgehead atoms. The Kier molecular flexibility index (Phi) is 9.33. The monoisotopic (exact) mass is 498 g/mol. The number of hydrogen-bond donors (Lipinski definition) is 0. The summed E-state index contributed by atoms with van der Waals surface area (Å²) < 4.78 is 19.7. The number of benzene rings is 2. The second-order valence-corrected chi connectivity index (χ2v) is 13.4. The normalized spacial score (nSPS) is 14.4. The van der Waals surface area contributed by atoms with Gasteiger partial charge in [-0.2, -0.15) is 0 Å². The molecule has 4 heteroatoms. The zero-order chi connectivity index (χ0) is 25.8. The average Bonchev–Trinajstić information content (AvgIpc) is 2.73. The van der Waals surface area contributed by atoms with Crippen LogP contribution in [0.5, 0.6) is 11.5 Å². The maximum atomic E-state index is 6.67. The molecule has 3 nitrogen and oxygen atoms in total. The van der Waals surface area contributed by atoms with Gasteiger partial charge in [0.1, 0.15) is 11.5 Å². The lowest BCUT2D eigenvalue weighted by molar-refractivity contribution is 0.253. The molecule has 0 amide bonds. The second kappa shape index (κ2) is 11.7. The van der Waals surface area contributed by atoms with Gasteiger partial charge in [-0.05, 0) is 42.2 Å². The molecular weight excluding hydrogens is 451 g/mol. The van der Waals surface area contributed by atoms with E-state index in [0.717, 1.165) is 24.3 Å². The van der Waals surface area contributed by atoms with Crippen LogP contribution in [0.1, 0.15) is 120 Å². The summed E-state index contributed by atoms with van der Waals surface area (Å²) in [6.07, 6.45) is 8.18. The molecular formula is C31H47O3P. The fourth-order valence-corrected chi connectivity index (χ4v) is 5.89. The second-order valence-electron chi connectivity index (χ2n) is 12.3. The zero-order valence-electron chi connectivity index (χ0n) is 23.6. The number of fused-ring (bicyclic) bond motifs is 2. The van der Waals surface area contributed by atoms with E-state index >= 15 is 0 Å². The largest absolute Gasteiger partial charge is 0.463 e. The van der Waals surface area contributed by atoms with Crippen molar-refractivity contribution in [2.45, 2.75) is 118 Å². The third-order valence-electron chi connectivity index (χ3n) is 6.64. The minimum Gasteiger partial charge on any atom is -0.417 e. The first-order chi connectivity index (χ1) is 16.4. The van der Waals surface area contributed by atoms with Crippen molar-refractivity contribution >= 4 is 8.60 Å². The Balaban J connectivity index is 2.00. The quantitative estimate of drug-likeness (QED) is 0.268. The minimum atomic E-state index is -1.56. The standard InChI is InChI=1S/C31H47O3P/c1-10-11-12-13-14-15-16-32-35-33-28-24(17-22(2)19-26(28)30(4,5)6)21-25-18-23(3)20-27(29(25)34-35)31(7,8)9/h17-20H,10-16,21H2,1-9H3. The smallest absolute Gasteiger partial charge is 0.417 e. The van der Waals surface area contributed by atoms with Gasteiger partial charge in [-0.1, -0.05) is 116 Å². The molecule has 1 aliphatic rings. The lowest BCUT2D eigenvalue weighted by Gasteiger charge is -2.32. The van der Waals surface area contributed by atoms with Gasteiger partial charge >= 0.3 is 8.60 Å². The Morgan fingerprint density at radius 2 is 1.17 bits per heavy atom. The molecule has 0 N–H and O–H groups in total. The van der Waals surface area contributed by atoms with Gasteiger partial charge in [0.05, 0.1) is 6.61 Å². The highest BCUT2D eigenvalue weighted by Crippen LogP contribution is 2.52. The first kappa shape index (κ1) is 28.0. The first-order valence-electron chi connectivity index (χ1n) is 13.5. The van der Waals surface area contributed by atoms with Crippen LogP contribution in [0.2, 0.25) is 0 Å². The van der Waals surface area contributed by atoms with Gasteiger partial charge in [-0.15, -0.1) is 0 Å². The van der Waals surface area contributed by atoms with E-state index in [1.165, 1.54) is 65.5 Å². The van der Waals surface area contributed by atoms with Crippen LogP contribution >= 0.6 is 8.60 Å². The maximum absolute atomic E-state index is 6.67. The van der Waals surface area contributed by atoms with Gasteiger partial charge in [0.2, 0.25) is 0 Å². The van der Waals surface area contributed by atoms with E-state index in [1.54, 1.807) is 0 Å². The number of aryl methyl sites for hydroxylation is 2. The molecule has 194 valence electrons. The van der Waals surface area contributed by atoms with Crippen molar-refractivity contribution in [1.29, 1.82) is 0 Å². The van der Waals surface area contributed by atoms with Gasteiger partial charge in [0, 0.05) is 17.5 Å². The molecule has 0 radical (unpaired) electrons. The predicted octanol–water partition coefficient (Wildman–Crippen LogP) is 9.86. The molecule has 35 heavy (non-hydrogen) atoms. The van der Waals surface area contributed by atoms with Crippen molar-refractivity contribution in [2.24, 2.45) is 0 Å². The predicted molar refractivity (Wildman–Crippen MR) is 150 cm³/mol. The van der Waals surface area contributed by atoms with Crippen LogP contribution in [0.3, 0.4) is 0 Å². The van der Waals surface area contributed by atoms with Crippen LogP contribution in [0.4, 0.5) is 0 Å². The Hall–Kier alpha value is -1.57. The van der Waals surface area contributed by atoms with Crippen molar-refractivity contribution in [3.8, 4) is 11.5 Å². The molecule has 0 unspecified atom stereocenters. The van der Waals surface area contributed by atoms with Crippen molar-refractivity contribution in [3.05, 3.63) is 57.6 Å². The third kappa shape index (κ3) is 7.46. The van der Waals surface area contributed by atoms with Crippen LogP contribution in [-0.4, -0.2) is 6.61 Å². The van der Waals surface area contributed by atoms with E-state index in [0.29, 0.717) is 6.61 Å². The number of rotatable bonds is 8. The minimum absolute atomic E-state index is 0.0401. The van der Waals surface area contributed by atoms with E-state index in [1.807, 2.05) is 0 Å². The van der Waals surface area contributed by atoms with Gasteiger partial charge in [-0.25, -0.2) is 0 Å². The van der Waals surface area contributed by atoms with Crippen molar-refractivity contribution < 1.29 is 13.6 Å². The molecule has 0 saturated carbocycles. The highest BCUT2D eigenvalue weighted by molar-refractivity contribution is 7.42. The van der Waals surface area contributed by atoms with E-state index < -0.39 is 8.60 Å². The Morgan fingerprint density at radius 3 is 1.63 bits per heavy atom. The van der Waals surface area contributed by atoms with Crippen LogP contribution in [0.25, 0.3) is 0 Å². The molecule has 1 aliphatic heterocycles. The molecule has 3 rings (SSSR count). The van der Waals surface area contributed by atoms with Crippen LogP contribution in [0.15, 0.2) is 24.3 Å². The Morgan fingerprint density at radius 1 is 0.714 bits per heavy atom. The third-order valence-corrected chi connectivity index (χ3v) is 7.70. The lowest BCUT2D eigenvalue weighted by atomic mass is 9.81. The van der Waals surface area contributed by atoms with Crippen LogP contribution < -0.4 is 9.05 Å². The summed E-state index contributed by atoms with van der Waals surface area (Å²) in [7, 11) is -1.56. The summed E-state index contributed by atoms with van der Waals surface area (Å²) >= 11 is 0. The molecule has 0 fully saturated rings. The molecule has 0 atom stereocenters. The molecule has 2 aromatic rings. The van der Waals surface area contributed by atoms with Gasteiger partial charge in [0.25, 0.3) is 0 Å². The molecule has 2 aromatic carbocycles. The maximum Gasteiger partial charge on any atom is 0.463 e. The van der Waals surface area contributed by atoms with Gasteiger partial charge in [-0.3, -0.25) is 4.52 Å². The van der Waals surface area contributed by atoms with Crippen molar-refractivity contribution in [2.75, 3.05) is 6.61 Å². The summed E-state index contributed by atoms with van der Waals surface area (Å²) in [5.41, 5.74) is 7.34. The molecule has 1 heterocycles. The van der Waals surface area contributed by atoms with E-state index in [4.69, 9.17) is 13.6 Å². The highest BCUT2D eigenvalue weighted by Gasteiger charge is 2.32. The van der Waals surface area contributed by atoms with Gasteiger partial charge in [0.15, 0.2) is 0 Å². The molecule has 0 aliphatic carbocycles. The number of hydrogen-bond acceptors (Lipinski definition) is 3. The molecule has 0 aromatic heterocycles. The van der Waals surface area contributed by atoms with E-state index in [9.17, 15) is 0 Å². The van der Waals surface area contributed by atoms with E-state index in [2.05, 4.69) is 86.6 Å². The summed E-state index contributed by atoms with van der Waals surface area (Å²) in [6.45, 7) is 20.8. The fraction of sp³-hybridized carbons (Fsp3) is 0.613. The topological polar surface area (TPSA) is 27.7 Å². The van der Waals surface area contributed by atoms with E-state index in [-0.39, 0.29) is 10.8 Å². The summed E-state index contributed by atoms with van der Waals surface area (Å²) in [4.78, 5) is 0. The first-order valence-corrected chi connectivity index (χ1v) is 14.6. The molecule has 0 saturated heterocycles. The van der Waals surface area contributed by atoms with Crippen LogP contribution in [-0.2, 0) is 21.8 Å². The fourth-order valence-electron chi connectivity index (χ4n) is 4.74. The average molecular weight is 499 g/mol. The van der Waals surface area contributed by atoms with Crippen molar-refractivity contribution in [1.82, 2.24) is 0 Å². The Bertz CT molecular complexity index is 926. The Labute approximate surface area is 216 Å². The SMILES string of the molecule is CCCCCCCCOP1Oc2c(cc(C)cc2C(C)(C)C)Cc2cc(C)cc(C(C)(C)C)c2O1. The molecule has 0 spiro atoms. The number of unbranched alkanes of at least 4 members (excludes halogenated alkanes) is 5.